The molecule has 3 heteroatoms. The Morgan fingerprint density at radius 3 is 2.78 bits per heavy atom. The van der Waals surface area contributed by atoms with E-state index in [0.717, 1.165) is 37.6 Å². The lowest BCUT2D eigenvalue weighted by Crippen LogP contribution is -2.56. The number of carbonyl (C=O) groups excluding carboxylic acids is 1. The summed E-state index contributed by atoms with van der Waals surface area (Å²) in [5, 5.41) is 0. The van der Waals surface area contributed by atoms with Crippen molar-refractivity contribution in [2.45, 2.75) is 70.9 Å². The summed E-state index contributed by atoms with van der Waals surface area (Å²) in [5.74, 6) is 1.72. The molecule has 0 spiro atoms. The highest BCUT2D eigenvalue weighted by molar-refractivity contribution is 5.82. The lowest BCUT2D eigenvalue weighted by atomic mass is 9.72. The number of nitrogens with two attached hydrogens (primary N) is 1. The summed E-state index contributed by atoms with van der Waals surface area (Å²) >= 11 is 0. The molecule has 2 rings (SSSR count). The lowest BCUT2D eigenvalue weighted by Gasteiger charge is -2.48. The summed E-state index contributed by atoms with van der Waals surface area (Å²) < 4.78 is 0. The van der Waals surface area contributed by atoms with E-state index in [9.17, 15) is 4.79 Å². The van der Waals surface area contributed by atoms with Crippen LogP contribution in [0.5, 0.6) is 0 Å². The fourth-order valence-corrected chi connectivity index (χ4v) is 3.83. The van der Waals surface area contributed by atoms with E-state index in [1.165, 1.54) is 25.7 Å². The molecule has 2 N–H and O–H groups in total. The molecule has 1 saturated carbocycles. The second kappa shape index (κ2) is 6.05. The molecule has 1 heterocycles. The first-order valence-corrected chi connectivity index (χ1v) is 7.71. The Hall–Kier alpha value is -0.570. The van der Waals surface area contributed by atoms with Crippen molar-refractivity contribution in [1.82, 2.24) is 4.90 Å². The van der Waals surface area contributed by atoms with Gasteiger partial charge in [-0.25, -0.2) is 0 Å². The van der Waals surface area contributed by atoms with Crippen molar-refractivity contribution in [2.24, 2.45) is 17.6 Å². The normalized spacial score (nSPS) is 33.9. The van der Waals surface area contributed by atoms with Gasteiger partial charge in [0.05, 0.1) is 6.04 Å². The minimum Gasteiger partial charge on any atom is -0.338 e. The number of rotatable bonds is 3. The Morgan fingerprint density at radius 2 is 2.06 bits per heavy atom. The first kappa shape index (κ1) is 13.9. The van der Waals surface area contributed by atoms with Gasteiger partial charge in [0.15, 0.2) is 0 Å². The van der Waals surface area contributed by atoms with E-state index in [0.29, 0.717) is 6.04 Å². The minimum absolute atomic E-state index is 0.209. The van der Waals surface area contributed by atoms with Crippen LogP contribution in [-0.2, 0) is 4.79 Å². The van der Waals surface area contributed by atoms with Gasteiger partial charge < -0.3 is 10.6 Å². The van der Waals surface area contributed by atoms with E-state index >= 15 is 0 Å². The maximum Gasteiger partial charge on any atom is 0.239 e. The third kappa shape index (κ3) is 2.71. The number of hydrogen-bond acceptors (Lipinski definition) is 2. The first-order chi connectivity index (χ1) is 8.65. The highest BCUT2D eigenvalue weighted by Crippen LogP contribution is 2.38. The molecule has 104 valence electrons. The van der Waals surface area contributed by atoms with Crippen molar-refractivity contribution in [3.05, 3.63) is 0 Å². The third-order valence-electron chi connectivity index (χ3n) is 4.94. The first-order valence-electron chi connectivity index (χ1n) is 7.71. The molecule has 1 saturated heterocycles. The summed E-state index contributed by atoms with van der Waals surface area (Å²) in [6, 6.07) is 0.212. The van der Waals surface area contributed by atoms with Crippen LogP contribution < -0.4 is 5.73 Å². The van der Waals surface area contributed by atoms with Crippen molar-refractivity contribution in [2.75, 3.05) is 6.54 Å². The topological polar surface area (TPSA) is 46.3 Å². The number of hydrogen-bond donors (Lipinski definition) is 1. The Morgan fingerprint density at radius 1 is 1.33 bits per heavy atom. The molecule has 0 aromatic carbocycles. The summed E-state index contributed by atoms with van der Waals surface area (Å²) in [6.07, 6.45) is 8.09. The van der Waals surface area contributed by atoms with Crippen molar-refractivity contribution >= 4 is 5.91 Å². The van der Waals surface area contributed by atoms with E-state index in [1.54, 1.807) is 0 Å². The zero-order chi connectivity index (χ0) is 13.1. The standard InChI is InChI=1S/C15H28N2O/c1-3-6-13(16)15(18)17-10-9-11(2)12-7-4-5-8-14(12)17/h11-14H,3-10,16H2,1-2H3/t11?,12?,13-,14?/m0/s1. The molecule has 1 aliphatic carbocycles. The van der Waals surface area contributed by atoms with Gasteiger partial charge in [0, 0.05) is 12.6 Å². The van der Waals surface area contributed by atoms with Gasteiger partial charge in [0.1, 0.15) is 0 Å². The van der Waals surface area contributed by atoms with Gasteiger partial charge in [0.2, 0.25) is 5.91 Å². The van der Waals surface area contributed by atoms with Crippen LogP contribution in [0.4, 0.5) is 0 Å². The maximum absolute atomic E-state index is 12.5. The summed E-state index contributed by atoms with van der Waals surface area (Å²) in [7, 11) is 0. The Balaban J connectivity index is 2.05. The van der Waals surface area contributed by atoms with Crippen LogP contribution in [0.3, 0.4) is 0 Å². The van der Waals surface area contributed by atoms with E-state index in [2.05, 4.69) is 18.7 Å². The van der Waals surface area contributed by atoms with Crippen LogP contribution in [0.15, 0.2) is 0 Å². The Bertz CT molecular complexity index is 292. The fourth-order valence-electron chi connectivity index (χ4n) is 3.83. The number of carbonyl (C=O) groups is 1. The van der Waals surface area contributed by atoms with Gasteiger partial charge in [-0.15, -0.1) is 0 Å². The molecule has 2 fully saturated rings. The van der Waals surface area contributed by atoms with Gasteiger partial charge in [-0.1, -0.05) is 33.1 Å². The van der Waals surface area contributed by atoms with Crippen molar-refractivity contribution in [3.8, 4) is 0 Å². The molecule has 3 nitrogen and oxygen atoms in total. The van der Waals surface area contributed by atoms with Crippen LogP contribution >= 0.6 is 0 Å². The van der Waals surface area contributed by atoms with Crippen LogP contribution in [0, 0.1) is 11.8 Å². The number of piperidine rings is 1. The number of fused-ring (bicyclic) bond motifs is 1. The van der Waals surface area contributed by atoms with E-state index < -0.39 is 0 Å². The number of amides is 1. The molecule has 4 atom stereocenters. The minimum atomic E-state index is -0.272. The Kier molecular flexibility index (Phi) is 4.66. The molecule has 2 aliphatic rings. The Labute approximate surface area is 111 Å². The highest BCUT2D eigenvalue weighted by atomic mass is 16.2. The van der Waals surface area contributed by atoms with Crippen LogP contribution in [0.2, 0.25) is 0 Å². The SMILES string of the molecule is CCC[C@H](N)C(=O)N1CCC(C)C2CCCCC21. The van der Waals surface area contributed by atoms with Gasteiger partial charge >= 0.3 is 0 Å². The summed E-state index contributed by atoms with van der Waals surface area (Å²) in [4.78, 5) is 14.6. The van der Waals surface area contributed by atoms with Crippen molar-refractivity contribution < 1.29 is 4.79 Å². The average molecular weight is 252 g/mol. The molecule has 18 heavy (non-hydrogen) atoms. The van der Waals surface area contributed by atoms with E-state index in [-0.39, 0.29) is 11.9 Å². The van der Waals surface area contributed by atoms with Crippen molar-refractivity contribution in [3.63, 3.8) is 0 Å². The van der Waals surface area contributed by atoms with Crippen LogP contribution in [0.25, 0.3) is 0 Å². The lowest BCUT2D eigenvalue weighted by molar-refractivity contribution is -0.140. The second-order valence-corrected chi connectivity index (χ2v) is 6.21. The number of nitrogens with zero attached hydrogens (tertiary/aromatic N) is 1. The number of likely N-dealkylation sites (tertiary alicyclic amines) is 1. The molecule has 1 aliphatic heterocycles. The largest absolute Gasteiger partial charge is 0.338 e. The van der Waals surface area contributed by atoms with Crippen molar-refractivity contribution in [1.29, 1.82) is 0 Å². The smallest absolute Gasteiger partial charge is 0.239 e. The maximum atomic E-state index is 12.5. The molecule has 3 unspecified atom stereocenters. The molecule has 0 radical (unpaired) electrons. The quantitative estimate of drug-likeness (QED) is 0.839. The van der Waals surface area contributed by atoms with Crippen LogP contribution in [-0.4, -0.2) is 29.4 Å². The highest BCUT2D eigenvalue weighted by Gasteiger charge is 2.40. The van der Waals surface area contributed by atoms with E-state index in [4.69, 9.17) is 5.73 Å². The predicted octanol–water partition coefficient (Wildman–Crippen LogP) is 2.54. The van der Waals surface area contributed by atoms with Gasteiger partial charge in [0.25, 0.3) is 0 Å². The van der Waals surface area contributed by atoms with Gasteiger partial charge in [-0.3, -0.25) is 4.79 Å². The zero-order valence-corrected chi connectivity index (χ0v) is 11.9. The zero-order valence-electron chi connectivity index (χ0n) is 11.9. The molecular formula is C15H28N2O. The summed E-state index contributed by atoms with van der Waals surface area (Å²) in [5.41, 5.74) is 6.02. The average Bonchev–Trinajstić information content (AvgIpc) is 2.39. The predicted molar refractivity (Wildman–Crippen MR) is 74.1 cm³/mol. The van der Waals surface area contributed by atoms with E-state index in [1.807, 2.05) is 0 Å². The molecular weight excluding hydrogens is 224 g/mol. The second-order valence-electron chi connectivity index (χ2n) is 6.21. The molecule has 0 aromatic heterocycles. The fraction of sp³-hybridized carbons (Fsp3) is 0.933. The van der Waals surface area contributed by atoms with Crippen LogP contribution in [0.1, 0.15) is 58.8 Å². The molecule has 1 amide bonds. The third-order valence-corrected chi connectivity index (χ3v) is 4.94. The van der Waals surface area contributed by atoms with Gasteiger partial charge in [-0.2, -0.15) is 0 Å². The molecule has 0 bridgehead atoms. The molecule has 0 aromatic rings. The summed E-state index contributed by atoms with van der Waals surface area (Å²) in [6.45, 7) is 5.38. The van der Waals surface area contributed by atoms with Gasteiger partial charge in [-0.05, 0) is 37.5 Å². The monoisotopic (exact) mass is 252 g/mol.